The molecule has 5 rings (SSSR count). The molecular weight excluding hydrogens is 1590 g/mol. The third-order valence-electron chi connectivity index (χ3n) is 10.0. The van der Waals surface area contributed by atoms with Crippen molar-refractivity contribution in [2.24, 2.45) is 5.92 Å². The summed E-state index contributed by atoms with van der Waals surface area (Å²) in [5.74, 6) is -34.1. The van der Waals surface area contributed by atoms with Crippen LogP contribution in [0.1, 0.15) is 92.1 Å². The van der Waals surface area contributed by atoms with E-state index in [0.717, 1.165) is 66.2 Å². The zero-order valence-electron chi connectivity index (χ0n) is 48.1. The van der Waals surface area contributed by atoms with Crippen LogP contribution in [0.2, 0.25) is 20.1 Å². The van der Waals surface area contributed by atoms with Crippen molar-refractivity contribution in [2.75, 3.05) is 0 Å². The normalized spacial score (nSPS) is 10.8. The van der Waals surface area contributed by atoms with Crippen LogP contribution in [0.3, 0.4) is 0 Å². The molecule has 0 heterocycles. The van der Waals surface area contributed by atoms with Gasteiger partial charge in [0.05, 0.1) is 12.5 Å². The number of carboxylic acid groups (broad SMARTS) is 5. The number of halogens is 21. The van der Waals surface area contributed by atoms with Gasteiger partial charge in [0.2, 0.25) is 4.33 Å². The number of allylic oxidation sites excluding steroid dienone is 1. The van der Waals surface area contributed by atoms with Crippen molar-refractivity contribution in [1.29, 1.82) is 15.8 Å². The summed E-state index contributed by atoms with van der Waals surface area (Å²) in [5, 5.41) is 66.9. The van der Waals surface area contributed by atoms with Crippen LogP contribution < -0.4 is 0 Å². The van der Waals surface area contributed by atoms with Crippen LogP contribution in [-0.2, 0) is 62.1 Å². The van der Waals surface area contributed by atoms with E-state index in [0.29, 0.717) is 45.9 Å². The monoisotopic (exact) mass is 1640 g/mol. The molecule has 0 bridgehead atoms. The Morgan fingerprint density at radius 2 is 0.847 bits per heavy atom. The molecule has 0 fully saturated rings. The SMILES string of the molecule is C.C.C=CCC(F)(F)C(=O)O.CC(C=O)CC(F)(F)C(=O)O.N#CC(Cl)(Cl)c1ccc(Cl)cc1.N#CC(F)(F)c1ccc(Cl)cc1.N#CCc1ccc(Cl)cc1.O=C(O)C(F)(F)c1ccc(Cl)cc1.O=CCCCC(F)(F)C(=O)O.O=Cc1ccc(C(F)(F)C(=O)O)cc1.[F][Sb]([F])[F]. The number of benzene rings is 5. The second kappa shape index (κ2) is 49.6. The van der Waals surface area contributed by atoms with E-state index in [1.54, 1.807) is 42.5 Å². The average Bonchev–Trinajstić information content (AvgIpc) is 0.844. The first kappa shape index (κ1) is 101. The number of aldehydes is 3. The van der Waals surface area contributed by atoms with Gasteiger partial charge >= 0.3 is 95.8 Å². The molecule has 1 atom stereocenters. The number of hydrogen-bond donors (Lipinski definition) is 5. The second-order valence-electron chi connectivity index (χ2n) is 17.4. The van der Waals surface area contributed by atoms with Crippen molar-refractivity contribution in [3.63, 3.8) is 0 Å². The molecule has 0 amide bonds. The van der Waals surface area contributed by atoms with Gasteiger partial charge in [-0.1, -0.05) is 170 Å². The number of nitrogens with zero attached hydrogens (tertiary/aromatic N) is 3. The van der Waals surface area contributed by atoms with Crippen LogP contribution in [0, 0.1) is 39.9 Å². The zero-order chi connectivity index (χ0) is 75.6. The van der Waals surface area contributed by atoms with E-state index in [2.05, 4.69) is 12.6 Å². The van der Waals surface area contributed by atoms with Gasteiger partial charge < -0.3 is 35.1 Å². The van der Waals surface area contributed by atoms with Crippen molar-refractivity contribution in [3.05, 3.63) is 187 Å². The summed E-state index contributed by atoms with van der Waals surface area (Å²) in [6, 6.07) is 31.9. The molecule has 0 saturated carbocycles. The molecule has 0 radical (unpaired) electrons. The summed E-state index contributed by atoms with van der Waals surface area (Å²) < 4.78 is 177. The fourth-order valence-corrected chi connectivity index (χ4v) is 5.90. The second-order valence-corrected chi connectivity index (χ2v) is 21.6. The number of hydrogen-bond acceptors (Lipinski definition) is 11. The summed E-state index contributed by atoms with van der Waals surface area (Å²) in [6.07, 6.45) is -0.0519. The van der Waals surface area contributed by atoms with Crippen molar-refractivity contribution in [2.45, 2.75) is 100 Å². The number of alkyl halides is 14. The summed E-state index contributed by atoms with van der Waals surface area (Å²) in [6.45, 7) is 4.22. The molecule has 5 aromatic rings. The molecule has 0 aromatic heterocycles. The number of rotatable bonds is 20. The summed E-state index contributed by atoms with van der Waals surface area (Å²) in [4.78, 5) is 79.2. The Morgan fingerprint density at radius 1 is 0.520 bits per heavy atom. The van der Waals surface area contributed by atoms with E-state index in [1.807, 2.05) is 12.1 Å². The first-order valence-electron chi connectivity index (χ1n) is 24.9. The Kier molecular flexibility index (Phi) is 51.3. The first-order valence-corrected chi connectivity index (χ1v) is 30.0. The molecule has 1 unspecified atom stereocenters. The molecule has 0 aliphatic carbocycles. The molecule has 0 spiro atoms. The van der Waals surface area contributed by atoms with Gasteiger partial charge in [-0.25, -0.2) is 24.0 Å². The van der Waals surface area contributed by atoms with Crippen LogP contribution in [-0.4, -0.2) is 114 Å². The quantitative estimate of drug-likeness (QED) is 0.0121. The maximum atomic E-state index is 12.8. The van der Waals surface area contributed by atoms with Gasteiger partial charge in [-0.05, 0) is 60.5 Å². The van der Waals surface area contributed by atoms with E-state index >= 15 is 0 Å². The summed E-state index contributed by atoms with van der Waals surface area (Å²) in [7, 11) is 0. The van der Waals surface area contributed by atoms with Crippen LogP contribution in [0.25, 0.3) is 0 Å². The maximum absolute atomic E-state index is 12.8. The molecule has 5 aromatic carbocycles. The van der Waals surface area contributed by atoms with Crippen molar-refractivity contribution in [3.8, 4) is 18.2 Å². The van der Waals surface area contributed by atoms with Gasteiger partial charge in [0.1, 0.15) is 31.0 Å². The van der Waals surface area contributed by atoms with Gasteiger partial charge in [0.25, 0.3) is 0 Å². The molecule has 540 valence electrons. The van der Waals surface area contributed by atoms with Crippen molar-refractivity contribution in [1.82, 2.24) is 0 Å². The van der Waals surface area contributed by atoms with Crippen LogP contribution in [0.4, 0.5) is 61.1 Å². The Balaban J connectivity index is -0.000000245. The van der Waals surface area contributed by atoms with E-state index in [4.69, 9.17) is 111 Å². The Morgan fingerprint density at radius 3 is 1.11 bits per heavy atom. The number of aliphatic carboxylic acids is 5. The zero-order valence-corrected chi connectivity index (χ0v) is 55.2. The van der Waals surface area contributed by atoms with E-state index in [1.165, 1.54) is 31.2 Å². The number of unbranched alkanes of at least 4 members (excludes halogenated alkanes) is 1. The molecule has 38 heteroatoms. The Labute approximate surface area is 589 Å². The van der Waals surface area contributed by atoms with Crippen LogP contribution in [0.5, 0.6) is 0 Å². The van der Waals surface area contributed by atoms with Crippen LogP contribution >= 0.6 is 69.6 Å². The summed E-state index contributed by atoms with van der Waals surface area (Å²) in [5.41, 5.74) is 0.189. The topological polar surface area (TPSA) is 309 Å². The number of carbonyl (C=O) groups excluding carboxylic acids is 3. The Hall–Kier alpha value is -7.82. The van der Waals surface area contributed by atoms with Crippen LogP contribution in [0.15, 0.2) is 134 Å². The third kappa shape index (κ3) is 43.5. The van der Waals surface area contributed by atoms with Crippen molar-refractivity contribution < 1.29 is 125 Å². The minimum absolute atomic E-state index is 0. The molecule has 0 aliphatic rings. The average molecular weight is 1650 g/mol. The molecule has 98 heavy (non-hydrogen) atoms. The Bertz CT molecular complexity index is 3320. The van der Waals surface area contributed by atoms with Gasteiger partial charge in [-0.15, -0.1) is 6.58 Å². The predicted octanol–water partition coefficient (Wildman–Crippen LogP) is 18.5. The number of carboxylic acids is 5. The fourth-order valence-electron chi connectivity index (χ4n) is 5.14. The summed E-state index contributed by atoms with van der Waals surface area (Å²) >= 11 is 28.6. The van der Waals surface area contributed by atoms with E-state index in [9.17, 15) is 99.5 Å². The van der Waals surface area contributed by atoms with E-state index in [-0.39, 0.29) is 43.8 Å². The predicted molar refractivity (Wildman–Crippen MR) is 333 cm³/mol. The van der Waals surface area contributed by atoms with Crippen molar-refractivity contribution >= 4 is 140 Å². The van der Waals surface area contributed by atoms with E-state index < -0.39 is 128 Å². The molecular formula is C60H55Cl6F15N3O13Sb. The first-order chi connectivity index (χ1) is 44.0. The van der Waals surface area contributed by atoms with Gasteiger partial charge in [-0.3, -0.25) is 4.79 Å². The minimum atomic E-state index is -4.95. The van der Waals surface area contributed by atoms with Gasteiger partial charge in [0.15, 0.2) is 0 Å². The number of carbonyl (C=O) groups is 8. The molecule has 16 nitrogen and oxygen atoms in total. The molecule has 0 saturated heterocycles. The fraction of sp³-hybridized carbons (Fsp3) is 0.283. The molecule has 5 N–H and O–H groups in total. The standard InChI is InChI=1S/C9H6F2O3.C8H4Cl3N.C8H4ClF2N.C8H5ClF2O2.C8H6ClN.2C6H8F2O3.C5H6F2O2.2CH4.3FH.Sb/c10-9(11,8(13)14)7-3-1-6(5-12)2-4-7;2*9-7-3-1-6(2-4-7)8(10,11)5-12;9-6-3-1-5(2-4-6)8(10,11)7(12)13;9-8-3-1-7(2-4-8)5-6-10;1-4(3-9)2-6(7,8)5(10)11;7-6(8,5(10)11)3-1-2-4-9;1-2-3-5(6,7)4(8)9;;;;;;/h1-5H,(H,13,14);2*1-4H;1-4H,(H,12,13);1-4H,5H2;3-4H,2H2,1H3,(H,10,11);4H,1-3H2,(H,10,11);2H,1,3H2,(H,8,9);2*1H4;3*1H;/q;;;;;;;;;;;;;+3/p-3. The number of nitriles is 3. The molecule has 0 aliphatic heterocycles. The van der Waals surface area contributed by atoms with Gasteiger partial charge in [-0.2, -0.15) is 68.5 Å². The third-order valence-corrected chi connectivity index (χ3v) is 11.6. The van der Waals surface area contributed by atoms with Gasteiger partial charge in [0, 0.05) is 79.5 Å².